The van der Waals surface area contributed by atoms with Gasteiger partial charge in [0.25, 0.3) is 0 Å². The topological polar surface area (TPSA) is 51.6 Å². The van der Waals surface area contributed by atoms with Crippen LogP contribution in [-0.2, 0) is 0 Å². The number of nitrogens with zero attached hydrogens (tertiary/aromatic N) is 4. The molecule has 0 amide bonds. The number of hydrogen-bond acceptors (Lipinski definition) is 4. The molecule has 444 valence electrons. The molecule has 2 aromatic heterocycles. The van der Waals surface area contributed by atoms with Crippen molar-refractivity contribution in [3.8, 4) is 67.3 Å². The summed E-state index contributed by atoms with van der Waals surface area (Å²) in [5.41, 5.74) is 15.9. The van der Waals surface area contributed by atoms with E-state index in [2.05, 4.69) is 328 Å². The lowest BCUT2D eigenvalue weighted by atomic mass is 9.91. The Balaban J connectivity index is 0.000000135. The van der Waals surface area contributed by atoms with Crippen LogP contribution in [0, 0.1) is 0 Å². The minimum Gasteiger partial charge on any atom is -0.244 e. The molecule has 0 bridgehead atoms. The van der Waals surface area contributed by atoms with Crippen LogP contribution in [-0.4, -0.2) is 19.9 Å². The highest BCUT2D eigenvalue weighted by atomic mass is 14.8. The van der Waals surface area contributed by atoms with Gasteiger partial charge in [-0.2, -0.15) is 0 Å². The highest BCUT2D eigenvalue weighted by molar-refractivity contribution is 6.27. The second kappa shape index (κ2) is 22.5. The molecule has 0 aliphatic carbocycles. The third-order valence-electron chi connectivity index (χ3n) is 19.6. The first-order chi connectivity index (χ1) is 47.5. The molecule has 0 spiro atoms. The fourth-order valence-electron chi connectivity index (χ4n) is 14.9. The van der Waals surface area contributed by atoms with Gasteiger partial charge in [-0.05, 0) is 172 Å². The molecule has 0 unspecified atom stereocenters. The average Bonchev–Trinajstić information content (AvgIpc) is 0.748. The summed E-state index contributed by atoms with van der Waals surface area (Å²) in [5.74, 6) is 0. The Morgan fingerprint density at radius 1 is 0.146 bits per heavy atom. The van der Waals surface area contributed by atoms with Crippen molar-refractivity contribution in [3.05, 3.63) is 340 Å². The summed E-state index contributed by atoms with van der Waals surface area (Å²) in [6.45, 7) is 0. The van der Waals surface area contributed by atoms with Gasteiger partial charge in [0.1, 0.15) is 0 Å². The van der Waals surface area contributed by atoms with Crippen LogP contribution in [0.4, 0.5) is 0 Å². The maximum Gasteiger partial charge on any atom is 0.0973 e. The predicted octanol–water partition coefficient (Wildman–Crippen LogP) is 24.8. The highest BCUT2D eigenvalue weighted by Gasteiger charge is 2.19. The lowest BCUT2D eigenvalue weighted by Crippen LogP contribution is -1.96. The quantitative estimate of drug-likeness (QED) is 0.156. The minimum absolute atomic E-state index is 0.880. The Labute approximate surface area is 553 Å². The van der Waals surface area contributed by atoms with E-state index in [0.29, 0.717) is 0 Å². The van der Waals surface area contributed by atoms with Gasteiger partial charge in [0, 0.05) is 22.3 Å². The molecule has 0 fully saturated rings. The Morgan fingerprint density at radius 3 is 1.10 bits per heavy atom. The van der Waals surface area contributed by atoms with E-state index in [1.165, 1.54) is 113 Å². The van der Waals surface area contributed by atoms with Crippen molar-refractivity contribution >= 4 is 130 Å². The van der Waals surface area contributed by atoms with E-state index >= 15 is 0 Å². The third-order valence-corrected chi connectivity index (χ3v) is 19.6. The molecule has 0 aliphatic heterocycles. The van der Waals surface area contributed by atoms with Crippen molar-refractivity contribution in [1.29, 1.82) is 0 Å². The molecule has 0 radical (unpaired) electrons. The summed E-state index contributed by atoms with van der Waals surface area (Å²) in [6, 6.07) is 122. The largest absolute Gasteiger partial charge is 0.244 e. The fourth-order valence-corrected chi connectivity index (χ4v) is 14.9. The van der Waals surface area contributed by atoms with Crippen molar-refractivity contribution in [3.63, 3.8) is 0 Å². The molecule has 0 aliphatic rings. The van der Waals surface area contributed by atoms with Crippen molar-refractivity contribution in [2.24, 2.45) is 0 Å². The van der Waals surface area contributed by atoms with Crippen molar-refractivity contribution < 1.29 is 0 Å². The first kappa shape index (κ1) is 54.9. The van der Waals surface area contributed by atoms with E-state index in [-0.39, 0.29) is 0 Å². The van der Waals surface area contributed by atoms with Crippen LogP contribution in [0.25, 0.3) is 197 Å². The Kier molecular flexibility index (Phi) is 12.9. The van der Waals surface area contributed by atoms with Gasteiger partial charge in [0.05, 0.1) is 44.8 Å². The van der Waals surface area contributed by atoms with Crippen LogP contribution in [0.1, 0.15) is 0 Å². The average molecular weight is 1220 g/mol. The van der Waals surface area contributed by atoms with E-state index in [1.54, 1.807) is 0 Å². The molecule has 20 rings (SSSR count). The zero-order valence-corrected chi connectivity index (χ0v) is 52.1. The Morgan fingerprint density at radius 2 is 0.490 bits per heavy atom. The van der Waals surface area contributed by atoms with Crippen LogP contribution >= 0.6 is 0 Å². The maximum absolute atomic E-state index is 5.33. The van der Waals surface area contributed by atoms with E-state index < -0.39 is 0 Å². The fraction of sp³-hybridized carbons (Fsp3) is 0. The van der Waals surface area contributed by atoms with Crippen molar-refractivity contribution in [1.82, 2.24) is 19.9 Å². The second-order valence-electron chi connectivity index (χ2n) is 25.2. The summed E-state index contributed by atoms with van der Waals surface area (Å²) in [4.78, 5) is 21.1. The SMILES string of the molecule is c1ccc(-c2nc3cc(-c4ccc5c(ccc6c5ccc5ccc7ccccc7c56)c4)ccc3nc2-c2ccc3ccccc3c2)cc1.c1ccc(-c2nc3cc(-c4cccc5c4ccc4ccc6c7ccccc7ccc6c45)ccc3nc2-c2ccc3ccccc3c2)cc1. The lowest BCUT2D eigenvalue weighted by molar-refractivity contribution is 1.29. The van der Waals surface area contributed by atoms with Crippen molar-refractivity contribution in [2.45, 2.75) is 0 Å². The van der Waals surface area contributed by atoms with Crippen LogP contribution in [0.3, 0.4) is 0 Å². The summed E-state index contributed by atoms with van der Waals surface area (Å²) >= 11 is 0. The second-order valence-corrected chi connectivity index (χ2v) is 25.2. The molecule has 4 nitrogen and oxygen atoms in total. The molecule has 0 saturated heterocycles. The molecular formula is C92H56N4. The number of aromatic nitrogens is 4. The molecule has 0 saturated carbocycles. The third kappa shape index (κ3) is 9.37. The van der Waals surface area contributed by atoms with Crippen LogP contribution in [0.15, 0.2) is 340 Å². The number of rotatable bonds is 6. The molecule has 2 heterocycles. The van der Waals surface area contributed by atoms with Gasteiger partial charge in [-0.25, -0.2) is 19.9 Å². The number of benzene rings is 18. The molecule has 0 atom stereocenters. The lowest BCUT2D eigenvalue weighted by Gasteiger charge is -2.14. The number of fused-ring (bicyclic) bond motifs is 18. The summed E-state index contributed by atoms with van der Waals surface area (Å²) in [5, 5.41) is 25.2. The van der Waals surface area contributed by atoms with E-state index in [4.69, 9.17) is 19.9 Å². The van der Waals surface area contributed by atoms with Crippen LogP contribution < -0.4 is 0 Å². The zero-order valence-electron chi connectivity index (χ0n) is 52.1. The first-order valence-electron chi connectivity index (χ1n) is 32.8. The molecule has 4 heteroatoms. The Bertz CT molecular complexity index is 6580. The van der Waals surface area contributed by atoms with Gasteiger partial charge in [-0.3, -0.25) is 0 Å². The zero-order chi connectivity index (χ0) is 63.2. The van der Waals surface area contributed by atoms with Crippen LogP contribution in [0.5, 0.6) is 0 Å². The Hall–Kier alpha value is -12.8. The molecule has 0 N–H and O–H groups in total. The highest BCUT2D eigenvalue weighted by Crippen LogP contribution is 2.43. The van der Waals surface area contributed by atoms with E-state index in [9.17, 15) is 0 Å². The summed E-state index contributed by atoms with van der Waals surface area (Å²) in [7, 11) is 0. The van der Waals surface area contributed by atoms with Gasteiger partial charge >= 0.3 is 0 Å². The predicted molar refractivity (Wildman–Crippen MR) is 407 cm³/mol. The minimum atomic E-state index is 0.880. The molecule has 18 aromatic carbocycles. The molecule has 96 heavy (non-hydrogen) atoms. The number of hydrogen-bond donors (Lipinski definition) is 0. The normalized spacial score (nSPS) is 11.8. The van der Waals surface area contributed by atoms with Crippen molar-refractivity contribution in [2.75, 3.05) is 0 Å². The van der Waals surface area contributed by atoms with Crippen LogP contribution in [0.2, 0.25) is 0 Å². The molecular weight excluding hydrogens is 1160 g/mol. The molecule has 20 aromatic rings. The standard InChI is InChI=1S/2C46H28N2/c1-2-11-32(12-3-1)45-46(35-18-17-29-9-4-5-13-33(29)27-35)47-42-26-22-34(28-43(42)48-45)37-15-8-16-40-39(37)24-21-31-20-23-38-36-14-7-6-10-30(36)19-25-41(38)44(31)40;1-2-10-32(11-3-1)45-46(37-17-14-29-8-4-5-12-33(29)27-37)47-42-25-21-35(28-43(42)48-45)34-19-22-38-36(26-34)20-24-41-40(38)23-18-31-16-15-30-9-6-7-13-39(30)44(31)41/h2*1-28H. The smallest absolute Gasteiger partial charge is 0.0973 e. The van der Waals surface area contributed by atoms with E-state index in [1.807, 2.05) is 12.1 Å². The van der Waals surface area contributed by atoms with Gasteiger partial charge in [0.2, 0.25) is 0 Å². The summed E-state index contributed by atoms with van der Waals surface area (Å²) in [6.07, 6.45) is 0. The van der Waals surface area contributed by atoms with E-state index in [0.717, 1.165) is 83.8 Å². The van der Waals surface area contributed by atoms with Gasteiger partial charge in [0.15, 0.2) is 0 Å². The van der Waals surface area contributed by atoms with Gasteiger partial charge < -0.3 is 0 Å². The first-order valence-corrected chi connectivity index (χ1v) is 32.8. The monoisotopic (exact) mass is 1220 g/mol. The summed E-state index contributed by atoms with van der Waals surface area (Å²) < 4.78 is 0. The van der Waals surface area contributed by atoms with Gasteiger partial charge in [-0.15, -0.1) is 0 Å². The maximum atomic E-state index is 5.33. The van der Waals surface area contributed by atoms with Gasteiger partial charge in [-0.1, -0.05) is 297 Å².